The first-order valence-electron chi connectivity index (χ1n) is 28.1. The SMILES string of the molecule is CCCCCCCCCCCCCCCCCCCCCCOC(=O)C(=O)OOC(C)(C)CCC(C)(C)OOC(=O)C(=O)OCCCCCCCCCCCCCCCCCCCCCC. The summed E-state index contributed by atoms with van der Waals surface area (Å²) in [5.74, 6) is -4.60. The second-order valence-corrected chi connectivity index (χ2v) is 20.6. The van der Waals surface area contributed by atoms with Crippen molar-refractivity contribution in [1.29, 1.82) is 0 Å². The van der Waals surface area contributed by atoms with Gasteiger partial charge < -0.3 is 9.47 Å². The van der Waals surface area contributed by atoms with Crippen molar-refractivity contribution in [1.82, 2.24) is 0 Å². The first kappa shape index (κ1) is 63.8. The van der Waals surface area contributed by atoms with Gasteiger partial charge in [-0.05, 0) is 53.4 Å². The third kappa shape index (κ3) is 45.6. The fourth-order valence-electron chi connectivity index (χ4n) is 8.22. The van der Waals surface area contributed by atoms with E-state index >= 15 is 0 Å². The molecule has 0 amide bonds. The molecule has 0 aromatic carbocycles. The average molecular weight is 939 g/mol. The Hall–Kier alpha value is -2.20. The summed E-state index contributed by atoms with van der Waals surface area (Å²) in [6.45, 7) is 11.6. The van der Waals surface area contributed by atoms with Gasteiger partial charge in [0.25, 0.3) is 0 Å². The third-order valence-electron chi connectivity index (χ3n) is 12.8. The molecule has 0 unspecified atom stereocenters. The highest BCUT2D eigenvalue weighted by atomic mass is 17.2. The van der Waals surface area contributed by atoms with Crippen LogP contribution in [0.25, 0.3) is 0 Å². The molecule has 0 heterocycles. The minimum absolute atomic E-state index is 0.160. The fraction of sp³-hybridized carbons (Fsp3) is 0.929. The molecule has 0 radical (unpaired) electrons. The van der Waals surface area contributed by atoms with E-state index < -0.39 is 35.1 Å². The van der Waals surface area contributed by atoms with Crippen LogP contribution >= 0.6 is 0 Å². The summed E-state index contributed by atoms with van der Waals surface area (Å²) in [7, 11) is 0. The quantitative estimate of drug-likeness (QED) is 0.0191. The van der Waals surface area contributed by atoms with Crippen molar-refractivity contribution in [3.8, 4) is 0 Å². The molecule has 390 valence electrons. The smallest absolute Gasteiger partial charge is 0.449 e. The predicted octanol–water partition coefficient (Wildman–Crippen LogP) is 17.0. The van der Waals surface area contributed by atoms with E-state index in [0.29, 0.717) is 25.7 Å². The number of unbranched alkanes of at least 4 members (excludes halogenated alkanes) is 38. The van der Waals surface area contributed by atoms with Crippen LogP contribution in [0.4, 0.5) is 0 Å². The Bertz CT molecular complexity index is 1040. The number of hydrogen-bond acceptors (Lipinski definition) is 10. The van der Waals surface area contributed by atoms with Crippen LogP contribution in [0.1, 0.15) is 311 Å². The lowest BCUT2D eigenvalue weighted by Crippen LogP contribution is -2.34. The summed E-state index contributed by atoms with van der Waals surface area (Å²) in [4.78, 5) is 68.7. The van der Waals surface area contributed by atoms with Crippen molar-refractivity contribution in [3.63, 3.8) is 0 Å². The molecule has 0 spiro atoms. The number of esters is 2. The van der Waals surface area contributed by atoms with Gasteiger partial charge in [0.05, 0.1) is 13.2 Å². The van der Waals surface area contributed by atoms with E-state index in [2.05, 4.69) is 13.8 Å². The zero-order valence-electron chi connectivity index (χ0n) is 44.2. The standard InChI is InChI=1S/C56H106O10/c1-7-9-11-13-15-17-19-21-23-25-27-29-31-33-35-37-39-41-43-45-49-61-51(57)53(59)63-65-55(3,4)47-48-56(5,6)66-64-54(60)52(58)62-50-46-44-42-40-38-36-34-32-30-28-26-24-22-20-18-16-14-12-10-8-2/h7-50H2,1-6H3. The molecule has 0 aliphatic carbocycles. The molecule has 0 aromatic rings. The highest BCUT2D eigenvalue weighted by Gasteiger charge is 2.32. The van der Waals surface area contributed by atoms with Crippen molar-refractivity contribution in [2.75, 3.05) is 13.2 Å². The number of rotatable bonds is 49. The molecule has 0 aliphatic heterocycles. The Kier molecular flexibility index (Phi) is 45.0. The fourth-order valence-corrected chi connectivity index (χ4v) is 8.22. The van der Waals surface area contributed by atoms with Crippen LogP contribution in [0.15, 0.2) is 0 Å². The second-order valence-electron chi connectivity index (χ2n) is 20.6. The largest absolute Gasteiger partial charge is 0.457 e. The van der Waals surface area contributed by atoms with Crippen molar-refractivity contribution < 1.29 is 48.2 Å². The van der Waals surface area contributed by atoms with Gasteiger partial charge in [0, 0.05) is 0 Å². The van der Waals surface area contributed by atoms with Gasteiger partial charge in [0.1, 0.15) is 11.2 Å². The molecule has 0 saturated heterocycles. The highest BCUT2D eigenvalue weighted by Crippen LogP contribution is 2.26. The second kappa shape index (κ2) is 46.5. The van der Waals surface area contributed by atoms with Crippen LogP contribution in [-0.4, -0.2) is 48.3 Å². The topological polar surface area (TPSA) is 124 Å². The molecular formula is C56H106O10. The maximum Gasteiger partial charge on any atom is 0.449 e. The van der Waals surface area contributed by atoms with Crippen LogP contribution in [0, 0.1) is 0 Å². The summed E-state index contributed by atoms with van der Waals surface area (Å²) in [5.41, 5.74) is -1.98. The molecule has 0 fully saturated rings. The van der Waals surface area contributed by atoms with Crippen LogP contribution in [0.3, 0.4) is 0 Å². The Morgan fingerprint density at radius 2 is 0.455 bits per heavy atom. The minimum Gasteiger partial charge on any atom is -0.457 e. The van der Waals surface area contributed by atoms with Crippen LogP contribution in [0.2, 0.25) is 0 Å². The first-order chi connectivity index (χ1) is 31.9. The Morgan fingerprint density at radius 3 is 0.652 bits per heavy atom. The molecule has 0 N–H and O–H groups in total. The monoisotopic (exact) mass is 939 g/mol. The van der Waals surface area contributed by atoms with E-state index in [1.807, 2.05) is 0 Å². The van der Waals surface area contributed by atoms with Crippen LogP contribution < -0.4 is 0 Å². The molecule has 0 atom stereocenters. The zero-order chi connectivity index (χ0) is 48.7. The lowest BCUT2D eigenvalue weighted by atomic mass is 9.94. The van der Waals surface area contributed by atoms with Crippen molar-refractivity contribution in [3.05, 3.63) is 0 Å². The molecule has 10 nitrogen and oxygen atoms in total. The van der Waals surface area contributed by atoms with Gasteiger partial charge in [0.15, 0.2) is 0 Å². The van der Waals surface area contributed by atoms with E-state index in [9.17, 15) is 19.2 Å². The minimum atomic E-state index is -1.21. The Balaban J connectivity index is 3.75. The molecule has 0 saturated carbocycles. The highest BCUT2D eigenvalue weighted by molar-refractivity contribution is 6.29. The lowest BCUT2D eigenvalue weighted by molar-refractivity contribution is -0.339. The number of carbonyl (C=O) groups is 4. The number of carbonyl (C=O) groups excluding carboxylic acids is 4. The van der Waals surface area contributed by atoms with E-state index in [1.54, 1.807) is 27.7 Å². The summed E-state index contributed by atoms with van der Waals surface area (Å²) in [6.07, 6.45) is 52.3. The molecule has 0 aliphatic rings. The van der Waals surface area contributed by atoms with E-state index in [-0.39, 0.29) is 13.2 Å². The summed E-state index contributed by atoms with van der Waals surface area (Å²) >= 11 is 0. The van der Waals surface area contributed by atoms with Crippen molar-refractivity contribution in [2.24, 2.45) is 0 Å². The van der Waals surface area contributed by atoms with Gasteiger partial charge in [-0.15, -0.1) is 0 Å². The molecule has 10 heteroatoms. The average Bonchev–Trinajstić information content (AvgIpc) is 3.30. The molecule has 0 aromatic heterocycles. The summed E-state index contributed by atoms with van der Waals surface area (Å²) in [5, 5.41) is 0. The maximum absolute atomic E-state index is 12.2. The van der Waals surface area contributed by atoms with E-state index in [0.717, 1.165) is 25.7 Å². The zero-order valence-corrected chi connectivity index (χ0v) is 44.2. The van der Waals surface area contributed by atoms with Gasteiger partial charge in [-0.3, -0.25) is 9.78 Å². The molecule has 0 bridgehead atoms. The normalized spacial score (nSPS) is 11.8. The van der Waals surface area contributed by atoms with E-state index in [1.165, 1.54) is 218 Å². The molecule has 66 heavy (non-hydrogen) atoms. The van der Waals surface area contributed by atoms with Crippen LogP contribution in [0.5, 0.6) is 0 Å². The maximum atomic E-state index is 12.2. The van der Waals surface area contributed by atoms with Gasteiger partial charge in [-0.1, -0.05) is 258 Å². The predicted molar refractivity (Wildman–Crippen MR) is 270 cm³/mol. The first-order valence-corrected chi connectivity index (χ1v) is 28.1. The van der Waals surface area contributed by atoms with E-state index in [4.69, 9.17) is 29.0 Å². The van der Waals surface area contributed by atoms with Crippen molar-refractivity contribution in [2.45, 2.75) is 322 Å². The number of ether oxygens (including phenoxy) is 2. The molecular weight excluding hydrogens is 833 g/mol. The number of hydrogen-bond donors (Lipinski definition) is 0. The van der Waals surface area contributed by atoms with Crippen LogP contribution in [-0.2, 0) is 48.2 Å². The van der Waals surface area contributed by atoms with Gasteiger partial charge in [0.2, 0.25) is 0 Å². The van der Waals surface area contributed by atoms with Gasteiger partial charge in [-0.25, -0.2) is 19.2 Å². The Labute approximate surface area is 406 Å². The van der Waals surface area contributed by atoms with Gasteiger partial charge in [-0.2, -0.15) is 9.78 Å². The summed E-state index contributed by atoms with van der Waals surface area (Å²) in [6, 6.07) is 0. The van der Waals surface area contributed by atoms with Gasteiger partial charge >= 0.3 is 23.9 Å². The lowest BCUT2D eigenvalue weighted by Gasteiger charge is -2.28. The Morgan fingerprint density at radius 1 is 0.273 bits per heavy atom. The third-order valence-corrected chi connectivity index (χ3v) is 12.8. The summed E-state index contributed by atoms with van der Waals surface area (Å²) < 4.78 is 10.2. The van der Waals surface area contributed by atoms with Crippen molar-refractivity contribution >= 4 is 23.9 Å². The molecule has 0 rings (SSSR count).